The lowest BCUT2D eigenvalue weighted by molar-refractivity contribution is 0.503. The predicted octanol–water partition coefficient (Wildman–Crippen LogP) is 4.64. The van der Waals surface area contributed by atoms with E-state index in [4.69, 9.17) is 5.73 Å². The first-order chi connectivity index (χ1) is 15.8. The van der Waals surface area contributed by atoms with Crippen LogP contribution >= 0.6 is 0 Å². The number of hydrogen-bond donors (Lipinski definition) is 2. The molecular weight excluding hydrogens is 473 g/mol. The molecule has 3 aromatic carbocycles. The molecule has 182 valence electrons. The Kier molecular flexibility index (Phi) is 8.04. The Morgan fingerprint density at radius 2 is 1.15 bits per heavy atom. The van der Waals surface area contributed by atoms with Gasteiger partial charge in [-0.3, -0.25) is 0 Å². The molecule has 0 fully saturated rings. The zero-order valence-electron chi connectivity index (χ0n) is 21.2. The third-order valence-electron chi connectivity index (χ3n) is 6.14. The van der Waals surface area contributed by atoms with Crippen molar-refractivity contribution in [2.75, 3.05) is 0 Å². The average Bonchev–Trinajstić information content (AvgIpc) is 2.76. The Balaban J connectivity index is 2.04. The SMILES string of the molecule is C[Si](C)(C)c1cccc([Si](C)(C)C)c1CS(=O)(=O)NC(c1ccccc1)C(N)c1ccccc1. The van der Waals surface area contributed by atoms with Crippen molar-refractivity contribution < 1.29 is 8.42 Å². The van der Waals surface area contributed by atoms with E-state index in [-0.39, 0.29) is 5.75 Å². The van der Waals surface area contributed by atoms with Gasteiger partial charge in [-0.15, -0.1) is 0 Å². The minimum atomic E-state index is -3.69. The molecule has 0 aliphatic rings. The minimum Gasteiger partial charge on any atom is -0.322 e. The molecule has 2 atom stereocenters. The standard InChI is InChI=1S/C27H38N2O2SSi2/c1-33(2,3)24-18-13-19-25(34(4,5)6)23(24)20-32(30,31)29-27(22-16-11-8-12-17-22)26(28)21-14-9-7-10-15-21/h7-19,26-27,29H,20,28H2,1-6H3. The van der Waals surface area contributed by atoms with Crippen LogP contribution in [0.25, 0.3) is 0 Å². The van der Waals surface area contributed by atoms with Crippen LogP contribution in [0.5, 0.6) is 0 Å². The molecule has 0 spiro atoms. The Labute approximate surface area is 207 Å². The van der Waals surface area contributed by atoms with Gasteiger partial charge in [-0.2, -0.15) is 0 Å². The molecule has 3 aromatic rings. The number of nitrogens with one attached hydrogen (secondary N) is 1. The minimum absolute atomic E-state index is 0.0299. The summed E-state index contributed by atoms with van der Waals surface area (Å²) in [7, 11) is -7.21. The summed E-state index contributed by atoms with van der Waals surface area (Å²) in [6.45, 7) is 13.7. The summed E-state index contributed by atoms with van der Waals surface area (Å²) in [5, 5.41) is 2.45. The van der Waals surface area contributed by atoms with Gasteiger partial charge in [0.15, 0.2) is 0 Å². The van der Waals surface area contributed by atoms with Crippen molar-refractivity contribution in [1.29, 1.82) is 0 Å². The summed E-state index contributed by atoms with van der Waals surface area (Å²) in [4.78, 5) is 0. The first-order valence-electron chi connectivity index (χ1n) is 11.8. The molecule has 0 saturated heterocycles. The van der Waals surface area contributed by atoms with Crippen LogP contribution in [0.4, 0.5) is 0 Å². The maximum Gasteiger partial charge on any atom is 0.216 e. The summed E-state index contributed by atoms with van der Waals surface area (Å²) < 4.78 is 30.5. The fourth-order valence-corrected chi connectivity index (χ4v) is 9.72. The molecule has 7 heteroatoms. The van der Waals surface area contributed by atoms with Crippen LogP contribution in [0, 0.1) is 0 Å². The highest BCUT2D eigenvalue weighted by molar-refractivity contribution is 7.88. The third kappa shape index (κ3) is 6.55. The molecule has 2 unspecified atom stereocenters. The summed E-state index contributed by atoms with van der Waals surface area (Å²) in [5.74, 6) is -0.0299. The Morgan fingerprint density at radius 3 is 1.59 bits per heavy atom. The van der Waals surface area contributed by atoms with Gasteiger partial charge >= 0.3 is 0 Å². The van der Waals surface area contributed by atoms with Gasteiger partial charge in [-0.1, -0.05) is 129 Å². The number of benzene rings is 3. The van der Waals surface area contributed by atoms with E-state index in [2.05, 4.69) is 62.2 Å². The molecule has 0 aliphatic heterocycles. The maximum absolute atomic E-state index is 13.7. The predicted molar refractivity (Wildman–Crippen MR) is 151 cm³/mol. The van der Waals surface area contributed by atoms with Crippen molar-refractivity contribution in [3.05, 3.63) is 95.6 Å². The van der Waals surface area contributed by atoms with Crippen LogP contribution in [0.1, 0.15) is 28.8 Å². The zero-order chi connectivity index (χ0) is 25.1. The lowest BCUT2D eigenvalue weighted by Crippen LogP contribution is -2.50. The molecule has 0 aromatic heterocycles. The van der Waals surface area contributed by atoms with E-state index >= 15 is 0 Å². The van der Waals surface area contributed by atoms with Gasteiger partial charge in [0.25, 0.3) is 0 Å². The van der Waals surface area contributed by atoms with Crippen LogP contribution in [0.3, 0.4) is 0 Å². The molecule has 0 aliphatic carbocycles. The van der Waals surface area contributed by atoms with E-state index < -0.39 is 38.3 Å². The fourth-order valence-electron chi connectivity index (χ4n) is 4.45. The van der Waals surface area contributed by atoms with Crippen LogP contribution in [0.15, 0.2) is 78.9 Å². The molecule has 0 heterocycles. The topological polar surface area (TPSA) is 72.2 Å². The van der Waals surface area contributed by atoms with Gasteiger partial charge in [0.2, 0.25) is 10.0 Å². The van der Waals surface area contributed by atoms with Crippen molar-refractivity contribution in [2.24, 2.45) is 5.73 Å². The van der Waals surface area contributed by atoms with E-state index in [1.54, 1.807) is 0 Å². The Bertz CT molecular complexity index is 1170. The summed E-state index contributed by atoms with van der Waals surface area (Å²) in [6, 6.07) is 24.6. The molecule has 3 rings (SSSR count). The van der Waals surface area contributed by atoms with E-state index in [9.17, 15) is 8.42 Å². The highest BCUT2D eigenvalue weighted by Crippen LogP contribution is 2.28. The van der Waals surface area contributed by atoms with Gasteiger partial charge in [-0.05, 0) is 16.7 Å². The molecule has 3 N–H and O–H groups in total. The van der Waals surface area contributed by atoms with Gasteiger partial charge in [0, 0.05) is 0 Å². The molecule has 34 heavy (non-hydrogen) atoms. The summed E-state index contributed by atoms with van der Waals surface area (Å²) in [5.41, 5.74) is 9.40. The maximum atomic E-state index is 13.7. The third-order valence-corrected chi connectivity index (χ3v) is 11.6. The Hall–Kier alpha value is -2.04. The number of sulfonamides is 1. The second-order valence-corrected chi connectivity index (χ2v) is 22.9. The summed E-state index contributed by atoms with van der Waals surface area (Å²) in [6.07, 6.45) is 0. The van der Waals surface area contributed by atoms with Crippen molar-refractivity contribution in [2.45, 2.75) is 57.1 Å². The number of hydrogen-bond acceptors (Lipinski definition) is 3. The fraction of sp³-hybridized carbons (Fsp3) is 0.333. The lowest BCUT2D eigenvalue weighted by Gasteiger charge is -2.30. The second-order valence-electron chi connectivity index (χ2n) is 11.0. The van der Waals surface area contributed by atoms with Crippen molar-refractivity contribution in [1.82, 2.24) is 4.72 Å². The van der Waals surface area contributed by atoms with Crippen LogP contribution in [-0.2, 0) is 15.8 Å². The van der Waals surface area contributed by atoms with Crippen molar-refractivity contribution in [3.8, 4) is 0 Å². The number of rotatable bonds is 9. The van der Waals surface area contributed by atoms with E-state index in [1.807, 2.05) is 60.7 Å². The van der Waals surface area contributed by atoms with Crippen molar-refractivity contribution >= 4 is 36.5 Å². The van der Waals surface area contributed by atoms with Gasteiger partial charge in [-0.25, -0.2) is 13.1 Å². The molecule has 4 nitrogen and oxygen atoms in total. The molecular formula is C27H38N2O2SSi2. The quantitative estimate of drug-likeness (QED) is 0.412. The van der Waals surface area contributed by atoms with Gasteiger partial charge in [0.1, 0.15) is 0 Å². The molecule has 0 amide bonds. The highest BCUT2D eigenvalue weighted by Gasteiger charge is 2.32. The van der Waals surface area contributed by atoms with Gasteiger partial charge in [0.05, 0.1) is 34.0 Å². The first-order valence-corrected chi connectivity index (χ1v) is 20.4. The number of nitrogens with two attached hydrogens (primary N) is 1. The highest BCUT2D eigenvalue weighted by atomic mass is 32.2. The molecule has 0 radical (unpaired) electrons. The largest absolute Gasteiger partial charge is 0.322 e. The monoisotopic (exact) mass is 510 g/mol. The van der Waals surface area contributed by atoms with Crippen molar-refractivity contribution in [3.63, 3.8) is 0 Å². The lowest BCUT2D eigenvalue weighted by atomic mass is 9.95. The normalized spacial score (nSPS) is 14.6. The zero-order valence-corrected chi connectivity index (χ0v) is 24.0. The van der Waals surface area contributed by atoms with E-state index in [0.717, 1.165) is 16.7 Å². The first kappa shape index (κ1) is 26.6. The molecule has 0 saturated carbocycles. The summed E-state index contributed by atoms with van der Waals surface area (Å²) >= 11 is 0. The van der Waals surface area contributed by atoms with Gasteiger partial charge < -0.3 is 5.73 Å². The Morgan fingerprint density at radius 1 is 0.706 bits per heavy atom. The average molecular weight is 511 g/mol. The van der Waals surface area contributed by atoms with E-state index in [1.165, 1.54) is 10.4 Å². The second kappa shape index (κ2) is 10.3. The van der Waals surface area contributed by atoms with Crippen LogP contribution in [0.2, 0.25) is 39.3 Å². The van der Waals surface area contributed by atoms with Crippen LogP contribution < -0.4 is 20.8 Å². The smallest absolute Gasteiger partial charge is 0.216 e. The molecule has 0 bridgehead atoms. The van der Waals surface area contributed by atoms with E-state index in [0.29, 0.717) is 0 Å². The van der Waals surface area contributed by atoms with Crippen LogP contribution in [-0.4, -0.2) is 24.6 Å².